The predicted octanol–water partition coefficient (Wildman–Crippen LogP) is 4.14. The maximum Gasteiger partial charge on any atom is 0.305 e. The first-order valence-corrected chi connectivity index (χ1v) is 9.46. The average molecular weight is 344 g/mol. The van der Waals surface area contributed by atoms with E-state index in [2.05, 4.69) is 39.0 Å². The zero-order chi connectivity index (χ0) is 17.8. The van der Waals surface area contributed by atoms with Gasteiger partial charge in [-0.25, -0.2) is 0 Å². The zero-order valence-corrected chi connectivity index (χ0v) is 15.6. The molecule has 4 nitrogen and oxygen atoms in total. The number of esters is 1. The molecule has 25 heavy (non-hydrogen) atoms. The van der Waals surface area contributed by atoms with Gasteiger partial charge in [-0.05, 0) is 31.2 Å². The third-order valence-electron chi connectivity index (χ3n) is 7.06. The van der Waals surface area contributed by atoms with E-state index in [0.29, 0.717) is 31.5 Å². The molecule has 0 spiro atoms. The van der Waals surface area contributed by atoms with Crippen LogP contribution in [0.4, 0.5) is 0 Å². The molecule has 0 aromatic heterocycles. The molecule has 2 fully saturated rings. The molecule has 1 aromatic rings. The van der Waals surface area contributed by atoms with E-state index in [9.17, 15) is 4.79 Å². The van der Waals surface area contributed by atoms with Gasteiger partial charge >= 0.3 is 5.97 Å². The van der Waals surface area contributed by atoms with E-state index >= 15 is 0 Å². The highest BCUT2D eigenvalue weighted by molar-refractivity contribution is 5.68. The summed E-state index contributed by atoms with van der Waals surface area (Å²) in [5, 5.41) is 0. The number of rotatable bonds is 3. The van der Waals surface area contributed by atoms with Crippen LogP contribution in [-0.2, 0) is 14.3 Å². The van der Waals surface area contributed by atoms with Crippen molar-refractivity contribution in [2.45, 2.75) is 52.2 Å². The van der Waals surface area contributed by atoms with Gasteiger partial charge in [-0.15, -0.1) is 0 Å². The monoisotopic (exact) mass is 344 g/mol. The summed E-state index contributed by atoms with van der Waals surface area (Å²) in [6, 6.07) is 8.24. The minimum atomic E-state index is -0.240. The summed E-state index contributed by atoms with van der Waals surface area (Å²) in [6.07, 6.45) is 1.44. The first kappa shape index (κ1) is 16.9. The second-order valence-corrected chi connectivity index (χ2v) is 8.35. The standard InChI is InChI=1S/C21H28O4/c1-5-17(22)23-11-21-12-24-19-15-8-6-7-9-16(15)25-20(4,10-13(21)2)18(19)14(21)3/h6-9,13-14,18-19H,5,10-12H2,1-4H3/t13-,14+,18+,19-,20-,21-/m1/s1. The Kier molecular flexibility index (Phi) is 3.87. The van der Waals surface area contributed by atoms with Crippen molar-refractivity contribution in [1.82, 2.24) is 0 Å². The Morgan fingerprint density at radius 3 is 2.84 bits per heavy atom. The van der Waals surface area contributed by atoms with E-state index in [1.807, 2.05) is 13.0 Å². The van der Waals surface area contributed by atoms with Crippen LogP contribution in [0.15, 0.2) is 24.3 Å². The van der Waals surface area contributed by atoms with Crippen LogP contribution in [-0.4, -0.2) is 24.8 Å². The van der Waals surface area contributed by atoms with Gasteiger partial charge in [0.15, 0.2) is 0 Å². The smallest absolute Gasteiger partial charge is 0.305 e. The summed E-state index contributed by atoms with van der Waals surface area (Å²) in [5.41, 5.74) is 0.794. The first-order valence-electron chi connectivity index (χ1n) is 9.46. The Morgan fingerprint density at radius 2 is 2.08 bits per heavy atom. The van der Waals surface area contributed by atoms with Crippen molar-refractivity contribution >= 4 is 5.97 Å². The zero-order valence-electron chi connectivity index (χ0n) is 15.6. The summed E-state index contributed by atoms with van der Waals surface area (Å²) >= 11 is 0. The van der Waals surface area contributed by atoms with Crippen LogP contribution in [0.3, 0.4) is 0 Å². The molecule has 1 saturated carbocycles. The molecule has 6 atom stereocenters. The van der Waals surface area contributed by atoms with Gasteiger partial charge in [0, 0.05) is 23.3 Å². The lowest BCUT2D eigenvalue weighted by molar-refractivity contribution is -0.262. The summed E-state index contributed by atoms with van der Waals surface area (Å²) < 4.78 is 18.6. The van der Waals surface area contributed by atoms with Crippen molar-refractivity contribution in [2.24, 2.45) is 23.2 Å². The Hall–Kier alpha value is -1.55. The molecular weight excluding hydrogens is 316 g/mol. The van der Waals surface area contributed by atoms with Gasteiger partial charge in [0.2, 0.25) is 0 Å². The fraction of sp³-hybridized carbons (Fsp3) is 0.667. The number of para-hydroxylation sites is 1. The molecule has 1 saturated heterocycles. The van der Waals surface area contributed by atoms with E-state index in [1.165, 1.54) is 0 Å². The molecule has 1 aromatic carbocycles. The quantitative estimate of drug-likeness (QED) is 0.773. The van der Waals surface area contributed by atoms with Crippen molar-refractivity contribution in [3.05, 3.63) is 29.8 Å². The molecule has 1 aliphatic carbocycles. The molecule has 0 N–H and O–H groups in total. The second-order valence-electron chi connectivity index (χ2n) is 8.35. The van der Waals surface area contributed by atoms with E-state index in [1.54, 1.807) is 0 Å². The fourth-order valence-electron chi connectivity index (χ4n) is 5.57. The van der Waals surface area contributed by atoms with Crippen LogP contribution in [0.2, 0.25) is 0 Å². The van der Waals surface area contributed by atoms with Crippen molar-refractivity contribution in [2.75, 3.05) is 13.2 Å². The van der Waals surface area contributed by atoms with Crippen LogP contribution < -0.4 is 4.74 Å². The number of hydrogen-bond donors (Lipinski definition) is 0. The van der Waals surface area contributed by atoms with Crippen LogP contribution in [0, 0.1) is 23.2 Å². The Bertz CT molecular complexity index is 686. The molecule has 0 unspecified atom stereocenters. The molecular formula is C21H28O4. The van der Waals surface area contributed by atoms with Crippen molar-refractivity contribution in [1.29, 1.82) is 0 Å². The normalized spacial score (nSPS) is 41.4. The third-order valence-corrected chi connectivity index (χ3v) is 7.06. The molecule has 4 heteroatoms. The maximum absolute atomic E-state index is 11.8. The Balaban J connectivity index is 1.72. The van der Waals surface area contributed by atoms with Gasteiger partial charge in [-0.2, -0.15) is 0 Å². The highest BCUT2D eigenvalue weighted by Crippen LogP contribution is 2.63. The SMILES string of the molecule is CCC(=O)OC[C@@]12CO[C@@H]3c4ccccc4O[C@](C)(C[C@H]1C)[C@H]3[C@@H]2C. The first-order chi connectivity index (χ1) is 11.9. The molecule has 0 radical (unpaired) electrons. The average Bonchev–Trinajstić information content (AvgIpc) is 2.59. The summed E-state index contributed by atoms with van der Waals surface area (Å²) in [6.45, 7) is 9.70. The molecule has 2 bridgehead atoms. The van der Waals surface area contributed by atoms with Gasteiger partial charge in [-0.1, -0.05) is 39.0 Å². The second kappa shape index (κ2) is 5.73. The minimum absolute atomic E-state index is 0.0625. The highest BCUT2D eigenvalue weighted by atomic mass is 16.5. The largest absolute Gasteiger partial charge is 0.487 e. The lowest BCUT2D eigenvalue weighted by Gasteiger charge is -2.63. The van der Waals surface area contributed by atoms with Crippen LogP contribution in [0.1, 0.15) is 52.2 Å². The fourth-order valence-corrected chi connectivity index (χ4v) is 5.57. The topological polar surface area (TPSA) is 44.8 Å². The molecule has 0 amide bonds. The van der Waals surface area contributed by atoms with Gasteiger partial charge in [0.05, 0.1) is 19.3 Å². The Labute approximate surface area is 149 Å². The third kappa shape index (κ3) is 2.33. The van der Waals surface area contributed by atoms with Gasteiger partial charge in [0.25, 0.3) is 0 Å². The summed E-state index contributed by atoms with van der Waals surface area (Å²) in [4.78, 5) is 11.8. The number of ether oxygens (including phenoxy) is 3. The number of fused-ring (bicyclic) bond motifs is 3. The van der Waals surface area contributed by atoms with Crippen molar-refractivity contribution < 1.29 is 19.0 Å². The number of carbonyl (C=O) groups is 1. The lowest BCUT2D eigenvalue weighted by atomic mass is 9.50. The minimum Gasteiger partial charge on any atom is -0.487 e. The molecule has 2 heterocycles. The number of benzene rings is 1. The molecule has 4 rings (SSSR count). The van der Waals surface area contributed by atoms with E-state index < -0.39 is 0 Å². The predicted molar refractivity (Wildman–Crippen MR) is 94.3 cm³/mol. The number of carbonyl (C=O) groups excluding carboxylic acids is 1. The van der Waals surface area contributed by atoms with E-state index in [4.69, 9.17) is 14.2 Å². The molecule has 2 aliphatic heterocycles. The van der Waals surface area contributed by atoms with Crippen LogP contribution in [0.5, 0.6) is 5.75 Å². The van der Waals surface area contributed by atoms with Crippen LogP contribution >= 0.6 is 0 Å². The van der Waals surface area contributed by atoms with Gasteiger partial charge in [-0.3, -0.25) is 4.79 Å². The van der Waals surface area contributed by atoms with Crippen molar-refractivity contribution in [3.8, 4) is 5.75 Å². The van der Waals surface area contributed by atoms with Gasteiger partial charge in [0.1, 0.15) is 11.4 Å². The van der Waals surface area contributed by atoms with Crippen molar-refractivity contribution in [3.63, 3.8) is 0 Å². The summed E-state index contributed by atoms with van der Waals surface area (Å²) in [5.74, 6) is 1.82. The molecule has 3 aliphatic rings. The molecule has 136 valence electrons. The summed E-state index contributed by atoms with van der Waals surface area (Å²) in [7, 11) is 0. The lowest BCUT2D eigenvalue weighted by Crippen LogP contribution is -2.66. The van der Waals surface area contributed by atoms with Crippen LogP contribution in [0.25, 0.3) is 0 Å². The highest BCUT2D eigenvalue weighted by Gasteiger charge is 2.64. The number of hydrogen-bond acceptors (Lipinski definition) is 4. The Morgan fingerprint density at radius 1 is 1.32 bits per heavy atom. The maximum atomic E-state index is 11.8. The van der Waals surface area contributed by atoms with E-state index in [0.717, 1.165) is 17.7 Å². The van der Waals surface area contributed by atoms with Gasteiger partial charge < -0.3 is 14.2 Å². The van der Waals surface area contributed by atoms with E-state index in [-0.39, 0.29) is 29.0 Å².